The third kappa shape index (κ3) is 2.32. The van der Waals surface area contributed by atoms with Crippen molar-refractivity contribution in [1.82, 2.24) is 14.3 Å². The number of nitrogens with one attached hydrogen (secondary N) is 1. The lowest BCUT2D eigenvalue weighted by atomic mass is 10.0. The molecule has 7 heteroatoms. The summed E-state index contributed by atoms with van der Waals surface area (Å²) in [7, 11) is -3.64. The summed E-state index contributed by atoms with van der Waals surface area (Å²) in [6.45, 7) is 3.53. The van der Waals surface area contributed by atoms with E-state index >= 15 is 0 Å². The maximum atomic E-state index is 12.4. The van der Waals surface area contributed by atoms with Crippen LogP contribution in [0.1, 0.15) is 32.0 Å². The van der Waals surface area contributed by atoms with Crippen LogP contribution in [0.5, 0.6) is 0 Å². The lowest BCUT2D eigenvalue weighted by Gasteiger charge is -2.32. The van der Waals surface area contributed by atoms with Crippen molar-refractivity contribution in [2.75, 3.05) is 6.54 Å². The smallest absolute Gasteiger partial charge is 0.260 e. The van der Waals surface area contributed by atoms with Gasteiger partial charge in [-0.15, -0.1) is 0 Å². The van der Waals surface area contributed by atoms with Crippen molar-refractivity contribution in [2.24, 2.45) is 0 Å². The first-order valence-electron chi connectivity index (χ1n) is 5.97. The van der Waals surface area contributed by atoms with E-state index < -0.39 is 16.1 Å². The number of aromatic amines is 1. The Morgan fingerprint density at radius 2 is 2.22 bits per heavy atom. The van der Waals surface area contributed by atoms with Crippen LogP contribution in [0.25, 0.3) is 0 Å². The number of carbonyl (C=O) groups excluding carboxylic acids is 1. The lowest BCUT2D eigenvalue weighted by molar-refractivity contribution is -0.121. The van der Waals surface area contributed by atoms with Crippen molar-refractivity contribution in [3.63, 3.8) is 0 Å². The molecule has 100 valence electrons. The average Bonchev–Trinajstić information content (AvgIpc) is 2.76. The molecule has 1 N–H and O–H groups in total. The fourth-order valence-corrected chi connectivity index (χ4v) is 3.93. The van der Waals surface area contributed by atoms with Crippen LogP contribution >= 0.6 is 0 Å². The molecule has 1 aromatic rings. The number of carbonyl (C=O) groups is 1. The zero-order valence-electron chi connectivity index (χ0n) is 10.5. The first kappa shape index (κ1) is 13.2. The van der Waals surface area contributed by atoms with Crippen LogP contribution in [0, 0.1) is 6.92 Å². The van der Waals surface area contributed by atoms with Crippen LogP contribution in [0.4, 0.5) is 0 Å². The molecule has 1 aliphatic rings. The Balaban J connectivity index is 2.36. The van der Waals surface area contributed by atoms with Crippen molar-refractivity contribution in [1.29, 1.82) is 0 Å². The molecule has 1 atom stereocenters. The van der Waals surface area contributed by atoms with Gasteiger partial charge in [0, 0.05) is 6.54 Å². The normalized spacial score (nSPS) is 22.0. The molecule has 0 aromatic carbocycles. The largest absolute Gasteiger partial charge is 0.332 e. The number of imidazole rings is 1. The Hall–Kier alpha value is -1.21. The second kappa shape index (κ2) is 4.81. The molecule has 1 fully saturated rings. The first-order valence-corrected chi connectivity index (χ1v) is 7.41. The van der Waals surface area contributed by atoms with E-state index in [1.807, 2.05) is 0 Å². The van der Waals surface area contributed by atoms with Crippen LogP contribution in [-0.2, 0) is 14.8 Å². The van der Waals surface area contributed by atoms with Crippen LogP contribution in [0.2, 0.25) is 0 Å². The molecule has 6 nitrogen and oxygen atoms in total. The number of ketones is 1. The van der Waals surface area contributed by atoms with Gasteiger partial charge in [0.25, 0.3) is 10.0 Å². The number of nitrogens with zero attached hydrogens (tertiary/aromatic N) is 2. The molecule has 0 bridgehead atoms. The number of hydrogen-bond acceptors (Lipinski definition) is 4. The molecule has 0 amide bonds. The summed E-state index contributed by atoms with van der Waals surface area (Å²) in [5.41, 5.74) is 0. The van der Waals surface area contributed by atoms with Crippen molar-refractivity contribution < 1.29 is 13.2 Å². The second-order valence-corrected chi connectivity index (χ2v) is 6.43. The zero-order chi connectivity index (χ0) is 13.3. The van der Waals surface area contributed by atoms with Crippen molar-refractivity contribution in [3.05, 3.63) is 12.0 Å². The summed E-state index contributed by atoms with van der Waals surface area (Å²) in [6.07, 6.45) is 3.58. The SMILES string of the molecule is CC(=O)C1CCCCN1S(=O)(=O)c1cnc(C)[nH]1. The Bertz CT molecular complexity index is 550. The number of aryl methyl sites for hydroxylation is 1. The third-order valence-electron chi connectivity index (χ3n) is 3.19. The maximum absolute atomic E-state index is 12.4. The number of rotatable bonds is 3. The molecule has 1 saturated heterocycles. The molecule has 1 aromatic heterocycles. The van der Waals surface area contributed by atoms with Crippen LogP contribution < -0.4 is 0 Å². The minimum Gasteiger partial charge on any atom is -0.332 e. The Morgan fingerprint density at radius 3 is 2.78 bits per heavy atom. The summed E-state index contributed by atoms with van der Waals surface area (Å²) in [5.74, 6) is 0.444. The van der Waals surface area contributed by atoms with Gasteiger partial charge in [-0.25, -0.2) is 13.4 Å². The van der Waals surface area contributed by atoms with Gasteiger partial charge in [0.2, 0.25) is 0 Å². The Morgan fingerprint density at radius 1 is 1.50 bits per heavy atom. The quantitative estimate of drug-likeness (QED) is 0.883. The van der Waals surface area contributed by atoms with E-state index in [0.29, 0.717) is 18.8 Å². The monoisotopic (exact) mass is 271 g/mol. The third-order valence-corrected chi connectivity index (χ3v) is 5.01. The lowest BCUT2D eigenvalue weighted by Crippen LogP contribution is -2.47. The van der Waals surface area contributed by atoms with Crippen LogP contribution in [-0.4, -0.2) is 41.1 Å². The number of hydrogen-bond donors (Lipinski definition) is 1. The molecule has 0 saturated carbocycles. The van der Waals surface area contributed by atoms with Gasteiger partial charge in [-0.3, -0.25) is 4.79 Å². The average molecular weight is 271 g/mol. The number of H-pyrrole nitrogens is 1. The van der Waals surface area contributed by atoms with Crippen LogP contribution in [0.15, 0.2) is 11.2 Å². The summed E-state index contributed by atoms with van der Waals surface area (Å²) >= 11 is 0. The van der Waals surface area contributed by atoms with Gasteiger partial charge in [-0.05, 0) is 26.7 Å². The highest BCUT2D eigenvalue weighted by Crippen LogP contribution is 2.24. The predicted octanol–water partition coefficient (Wildman–Crippen LogP) is 0.850. The van der Waals surface area contributed by atoms with E-state index in [1.165, 1.54) is 17.4 Å². The fourth-order valence-electron chi connectivity index (χ4n) is 2.25. The van der Waals surface area contributed by atoms with Gasteiger partial charge in [0.15, 0.2) is 5.03 Å². The summed E-state index contributed by atoms with van der Waals surface area (Å²) < 4.78 is 26.1. The van der Waals surface area contributed by atoms with E-state index in [0.717, 1.165) is 12.8 Å². The number of sulfonamides is 1. The van der Waals surface area contributed by atoms with E-state index in [-0.39, 0.29) is 10.8 Å². The number of Topliss-reactive ketones (excluding diaryl/α,β-unsaturated/α-hetero) is 1. The van der Waals surface area contributed by atoms with Gasteiger partial charge in [0.05, 0.1) is 12.2 Å². The maximum Gasteiger partial charge on any atom is 0.260 e. The first-order chi connectivity index (χ1) is 8.43. The van der Waals surface area contributed by atoms with E-state index in [9.17, 15) is 13.2 Å². The molecule has 1 aliphatic heterocycles. The van der Waals surface area contributed by atoms with Crippen LogP contribution in [0.3, 0.4) is 0 Å². The standard InChI is InChI=1S/C11H17N3O3S/c1-8(15)10-5-3-4-6-14(10)18(16,17)11-7-12-9(2)13-11/h7,10H,3-6H2,1-2H3,(H,12,13). The molecule has 1 unspecified atom stereocenters. The highest BCUT2D eigenvalue weighted by atomic mass is 32.2. The highest BCUT2D eigenvalue weighted by Gasteiger charge is 2.36. The zero-order valence-corrected chi connectivity index (χ0v) is 11.3. The molecular formula is C11H17N3O3S. The molecule has 0 aliphatic carbocycles. The van der Waals surface area contributed by atoms with Crippen molar-refractivity contribution in [2.45, 2.75) is 44.2 Å². The minimum atomic E-state index is -3.64. The van der Waals surface area contributed by atoms with E-state index in [4.69, 9.17) is 0 Å². The van der Waals surface area contributed by atoms with Gasteiger partial charge >= 0.3 is 0 Å². The molecule has 0 radical (unpaired) electrons. The van der Waals surface area contributed by atoms with Crippen molar-refractivity contribution in [3.8, 4) is 0 Å². The van der Waals surface area contributed by atoms with E-state index in [1.54, 1.807) is 6.92 Å². The minimum absolute atomic E-state index is 0.0631. The van der Waals surface area contributed by atoms with Gasteiger partial charge in [0.1, 0.15) is 11.6 Å². The predicted molar refractivity (Wildman–Crippen MR) is 65.5 cm³/mol. The number of aromatic nitrogens is 2. The van der Waals surface area contributed by atoms with Gasteiger partial charge < -0.3 is 4.98 Å². The summed E-state index contributed by atoms with van der Waals surface area (Å²) in [4.78, 5) is 18.2. The number of piperidine rings is 1. The molecular weight excluding hydrogens is 254 g/mol. The molecule has 0 spiro atoms. The second-order valence-electron chi connectivity index (χ2n) is 4.57. The highest BCUT2D eigenvalue weighted by molar-refractivity contribution is 7.89. The van der Waals surface area contributed by atoms with Gasteiger partial charge in [-0.2, -0.15) is 4.31 Å². The summed E-state index contributed by atoms with van der Waals surface area (Å²) in [6, 6.07) is -0.535. The topological polar surface area (TPSA) is 83.1 Å². The molecule has 2 heterocycles. The molecule has 2 rings (SSSR count). The van der Waals surface area contributed by atoms with E-state index in [2.05, 4.69) is 9.97 Å². The fraction of sp³-hybridized carbons (Fsp3) is 0.636. The Kier molecular flexibility index (Phi) is 3.54. The van der Waals surface area contributed by atoms with Crippen molar-refractivity contribution >= 4 is 15.8 Å². The Labute approximate surface area is 106 Å². The van der Waals surface area contributed by atoms with Gasteiger partial charge in [-0.1, -0.05) is 6.42 Å². The molecule has 18 heavy (non-hydrogen) atoms. The summed E-state index contributed by atoms with van der Waals surface area (Å²) in [5, 5.41) is 0.0631.